The van der Waals surface area contributed by atoms with Crippen LogP contribution in [0.25, 0.3) is 88.9 Å². The van der Waals surface area contributed by atoms with E-state index >= 15 is 0 Å². The van der Waals surface area contributed by atoms with Crippen molar-refractivity contribution in [2.45, 2.75) is 31.6 Å². The van der Waals surface area contributed by atoms with E-state index in [0.29, 0.717) is 23.4 Å². The van der Waals surface area contributed by atoms with E-state index in [1.54, 1.807) is 0 Å². The zero-order valence-corrected chi connectivity index (χ0v) is 32.7. The Morgan fingerprint density at radius 3 is 2.12 bits per heavy atom. The maximum atomic E-state index is 6.55. The molecule has 5 nitrogen and oxygen atoms in total. The highest BCUT2D eigenvalue weighted by molar-refractivity contribution is 6.14. The fraction of sp³-hybridized carbons (Fsp3) is 0.0926. The molecule has 1 atom stereocenters. The van der Waals surface area contributed by atoms with Crippen LogP contribution in [0.1, 0.15) is 43.1 Å². The zero-order chi connectivity index (χ0) is 39.2. The number of fused-ring (bicyclic) bond motifs is 9. The average Bonchev–Trinajstić information content (AvgIpc) is 3.91. The van der Waals surface area contributed by atoms with Crippen LogP contribution in [0, 0.1) is 0 Å². The highest BCUT2D eigenvalue weighted by atomic mass is 16.3. The molecule has 2 aliphatic carbocycles. The number of aromatic nitrogens is 4. The van der Waals surface area contributed by atoms with Gasteiger partial charge in [-0.25, -0.2) is 15.0 Å². The maximum absolute atomic E-state index is 6.55. The number of rotatable bonds is 5. The summed E-state index contributed by atoms with van der Waals surface area (Å²) >= 11 is 0. The minimum atomic E-state index is -0.0820. The lowest BCUT2D eigenvalue weighted by Crippen LogP contribution is -2.18. The van der Waals surface area contributed by atoms with Crippen molar-refractivity contribution in [3.8, 4) is 39.6 Å². The summed E-state index contributed by atoms with van der Waals surface area (Å²) in [5, 5.41) is 4.46. The van der Waals surface area contributed by atoms with Crippen molar-refractivity contribution in [2.75, 3.05) is 0 Å². The van der Waals surface area contributed by atoms with Crippen molar-refractivity contribution in [3.63, 3.8) is 0 Å². The second kappa shape index (κ2) is 12.8. The minimum absolute atomic E-state index is 0.0820. The first-order chi connectivity index (χ1) is 29.0. The van der Waals surface area contributed by atoms with E-state index in [0.717, 1.165) is 61.9 Å². The number of para-hydroxylation sites is 2. The van der Waals surface area contributed by atoms with Gasteiger partial charge in [-0.1, -0.05) is 147 Å². The van der Waals surface area contributed by atoms with Gasteiger partial charge in [0.25, 0.3) is 0 Å². The van der Waals surface area contributed by atoms with Gasteiger partial charge in [0.2, 0.25) is 0 Å². The molecule has 2 aliphatic rings. The molecule has 0 saturated carbocycles. The predicted octanol–water partition coefficient (Wildman–Crippen LogP) is 13.7. The van der Waals surface area contributed by atoms with Gasteiger partial charge in [0, 0.05) is 55.3 Å². The largest absolute Gasteiger partial charge is 0.456 e. The van der Waals surface area contributed by atoms with Gasteiger partial charge in [-0.2, -0.15) is 0 Å². The van der Waals surface area contributed by atoms with Gasteiger partial charge in [0.1, 0.15) is 11.2 Å². The van der Waals surface area contributed by atoms with Crippen LogP contribution in [0.4, 0.5) is 0 Å². The Hall–Kier alpha value is -7.37. The monoisotopic (exact) mass is 758 g/mol. The average molecular weight is 759 g/mol. The van der Waals surface area contributed by atoms with Crippen molar-refractivity contribution < 1.29 is 4.42 Å². The Balaban J connectivity index is 1.01. The molecule has 7 aromatic carbocycles. The van der Waals surface area contributed by atoms with Crippen LogP contribution in [0.5, 0.6) is 0 Å². The number of allylic oxidation sites excluding steroid dienone is 4. The third kappa shape index (κ3) is 5.21. The molecular weight excluding hydrogens is 721 g/mol. The molecule has 3 heterocycles. The lowest BCUT2D eigenvalue weighted by atomic mass is 9.77. The van der Waals surface area contributed by atoms with E-state index in [1.807, 2.05) is 30.3 Å². The van der Waals surface area contributed by atoms with Gasteiger partial charge in [-0.05, 0) is 77.2 Å². The molecule has 1 unspecified atom stereocenters. The van der Waals surface area contributed by atoms with E-state index in [9.17, 15) is 0 Å². The molecule has 0 bridgehead atoms. The lowest BCUT2D eigenvalue weighted by molar-refractivity contribution is 0.613. The van der Waals surface area contributed by atoms with Gasteiger partial charge in [-0.3, -0.25) is 0 Å². The molecule has 0 amide bonds. The minimum Gasteiger partial charge on any atom is -0.456 e. The van der Waals surface area contributed by atoms with Crippen LogP contribution >= 0.6 is 0 Å². The molecule has 59 heavy (non-hydrogen) atoms. The van der Waals surface area contributed by atoms with Crippen molar-refractivity contribution in [3.05, 3.63) is 198 Å². The van der Waals surface area contributed by atoms with Crippen molar-refractivity contribution in [2.24, 2.45) is 0 Å². The highest BCUT2D eigenvalue weighted by Gasteiger charge is 2.42. The summed E-state index contributed by atoms with van der Waals surface area (Å²) in [7, 11) is 0. The molecule has 5 heteroatoms. The van der Waals surface area contributed by atoms with Crippen LogP contribution in [-0.2, 0) is 5.41 Å². The number of furan rings is 1. The number of hydrogen-bond acceptors (Lipinski definition) is 4. The van der Waals surface area contributed by atoms with Crippen LogP contribution in [0.15, 0.2) is 186 Å². The molecule has 12 rings (SSSR count). The third-order valence-electron chi connectivity index (χ3n) is 12.7. The SMILES string of the molecule is CC1(C)C2=CC(c3nc(-c4ccccc4)nc(-c4cccc5oc6ccc(-c7ccc8c(c7)c7ccccc7n8-c7ccccc7)cc6c45)n3)=CCC2c2ccccc21. The van der Waals surface area contributed by atoms with Gasteiger partial charge in [0.15, 0.2) is 17.5 Å². The molecule has 0 radical (unpaired) electrons. The number of nitrogens with zero attached hydrogens (tertiary/aromatic N) is 4. The summed E-state index contributed by atoms with van der Waals surface area (Å²) < 4.78 is 8.91. The smallest absolute Gasteiger partial charge is 0.164 e. The van der Waals surface area contributed by atoms with Crippen LogP contribution in [-0.4, -0.2) is 19.5 Å². The van der Waals surface area contributed by atoms with Gasteiger partial charge < -0.3 is 8.98 Å². The molecule has 10 aromatic rings. The summed E-state index contributed by atoms with van der Waals surface area (Å²) in [4.78, 5) is 15.6. The first-order valence-corrected chi connectivity index (χ1v) is 20.4. The fourth-order valence-electron chi connectivity index (χ4n) is 9.83. The Kier molecular flexibility index (Phi) is 7.33. The molecule has 3 aromatic heterocycles. The molecule has 0 aliphatic heterocycles. The van der Waals surface area contributed by atoms with E-state index in [1.165, 1.54) is 38.5 Å². The van der Waals surface area contributed by atoms with Crippen molar-refractivity contribution >= 4 is 49.3 Å². The second-order valence-corrected chi connectivity index (χ2v) is 16.3. The normalized spacial score (nSPS) is 15.7. The molecule has 0 saturated heterocycles. The first-order valence-electron chi connectivity index (χ1n) is 20.4. The maximum Gasteiger partial charge on any atom is 0.164 e. The lowest BCUT2D eigenvalue weighted by Gasteiger charge is -2.27. The van der Waals surface area contributed by atoms with Crippen molar-refractivity contribution in [1.82, 2.24) is 19.5 Å². The van der Waals surface area contributed by atoms with Gasteiger partial charge in [0.05, 0.1) is 11.0 Å². The van der Waals surface area contributed by atoms with E-state index in [2.05, 4.69) is 164 Å². The Labute approximate surface area is 341 Å². The van der Waals surface area contributed by atoms with Crippen LogP contribution in [0.2, 0.25) is 0 Å². The molecule has 0 fully saturated rings. The summed E-state index contributed by atoms with van der Waals surface area (Å²) in [6.45, 7) is 4.68. The first kappa shape index (κ1) is 33.7. The Morgan fingerprint density at radius 2 is 1.25 bits per heavy atom. The molecule has 280 valence electrons. The Bertz CT molecular complexity index is 3390. The number of benzene rings is 7. The third-order valence-corrected chi connectivity index (χ3v) is 12.7. The van der Waals surface area contributed by atoms with Gasteiger partial charge >= 0.3 is 0 Å². The highest BCUT2D eigenvalue weighted by Crippen LogP contribution is 2.54. The second-order valence-electron chi connectivity index (χ2n) is 16.3. The summed E-state index contributed by atoms with van der Waals surface area (Å²) in [6, 6.07) is 57.9. The predicted molar refractivity (Wildman–Crippen MR) is 241 cm³/mol. The van der Waals surface area contributed by atoms with Crippen LogP contribution in [0.3, 0.4) is 0 Å². The van der Waals surface area contributed by atoms with E-state index < -0.39 is 0 Å². The molecule has 0 N–H and O–H groups in total. The topological polar surface area (TPSA) is 56.7 Å². The standard InChI is InChI=1S/C54H38N4O/c1-54(2)44-21-11-9-18-38(44)39-27-24-36(32-45(39)54)52-55-51(33-14-5-3-6-15-33)56-53(57-52)41-20-13-23-49-50(41)43-31-35(26-29-48(43)59-49)34-25-28-47-42(30-34)40-19-10-12-22-46(40)58(47)37-16-7-4-8-17-37/h3-26,28-32,39H,27H2,1-2H3. The molecular formula is C54H38N4O. The molecule has 0 spiro atoms. The fourth-order valence-corrected chi connectivity index (χ4v) is 9.83. The van der Waals surface area contributed by atoms with Crippen LogP contribution < -0.4 is 0 Å². The summed E-state index contributed by atoms with van der Waals surface area (Å²) in [5.74, 6) is 2.32. The Morgan fingerprint density at radius 1 is 0.559 bits per heavy atom. The van der Waals surface area contributed by atoms with E-state index in [-0.39, 0.29) is 5.41 Å². The van der Waals surface area contributed by atoms with Crippen molar-refractivity contribution in [1.29, 1.82) is 0 Å². The quantitative estimate of drug-likeness (QED) is 0.175. The number of hydrogen-bond donors (Lipinski definition) is 0. The van der Waals surface area contributed by atoms with Gasteiger partial charge in [-0.15, -0.1) is 0 Å². The zero-order valence-electron chi connectivity index (χ0n) is 32.7. The summed E-state index contributed by atoms with van der Waals surface area (Å²) in [6.07, 6.45) is 5.57. The summed E-state index contributed by atoms with van der Waals surface area (Å²) in [5.41, 5.74) is 14.5. The van der Waals surface area contributed by atoms with E-state index in [4.69, 9.17) is 19.4 Å².